The average molecular weight is 655 g/mol. The Morgan fingerprint density at radius 3 is 1.98 bits per heavy atom. The zero-order valence-electron chi connectivity index (χ0n) is 27.5. The Morgan fingerprint density at radius 1 is 0.392 bits per heavy atom. The molecule has 10 rings (SSSR count). The van der Waals surface area contributed by atoms with E-state index in [1.165, 1.54) is 10.8 Å². The van der Waals surface area contributed by atoms with Gasteiger partial charge in [-0.3, -0.25) is 0 Å². The third-order valence-corrected chi connectivity index (χ3v) is 9.70. The van der Waals surface area contributed by atoms with Crippen LogP contribution in [-0.2, 0) is 0 Å². The van der Waals surface area contributed by atoms with Crippen molar-refractivity contribution in [3.05, 3.63) is 182 Å². The van der Waals surface area contributed by atoms with Crippen LogP contribution in [0.3, 0.4) is 0 Å². The molecule has 4 nitrogen and oxygen atoms in total. The van der Waals surface area contributed by atoms with Crippen molar-refractivity contribution in [1.29, 1.82) is 0 Å². The molecule has 8 aromatic carbocycles. The fourth-order valence-electron chi connectivity index (χ4n) is 7.23. The molecular formula is C47H30N2O2. The molecule has 0 saturated carbocycles. The first-order chi connectivity index (χ1) is 25.3. The van der Waals surface area contributed by atoms with Crippen molar-refractivity contribution in [1.82, 2.24) is 4.98 Å². The molecule has 0 aliphatic rings. The molecule has 2 heterocycles. The molecule has 0 spiro atoms. The highest BCUT2D eigenvalue weighted by molar-refractivity contribution is 6.06. The molecule has 51 heavy (non-hydrogen) atoms. The first-order valence-electron chi connectivity index (χ1n) is 17.1. The summed E-state index contributed by atoms with van der Waals surface area (Å²) >= 11 is 0. The fourth-order valence-corrected chi connectivity index (χ4v) is 7.23. The minimum Gasteiger partial charge on any atom is -0.456 e. The second-order valence-electron chi connectivity index (χ2n) is 12.8. The van der Waals surface area contributed by atoms with Crippen LogP contribution in [-0.4, -0.2) is 4.98 Å². The lowest BCUT2D eigenvalue weighted by molar-refractivity contribution is 0.620. The summed E-state index contributed by atoms with van der Waals surface area (Å²) in [4.78, 5) is 7.26. The molecule has 0 fully saturated rings. The lowest BCUT2D eigenvalue weighted by Crippen LogP contribution is -2.11. The summed E-state index contributed by atoms with van der Waals surface area (Å²) in [7, 11) is 0. The number of anilines is 3. The second kappa shape index (κ2) is 11.9. The molecule has 0 aliphatic heterocycles. The summed E-state index contributed by atoms with van der Waals surface area (Å²) in [6, 6.07) is 63.4. The van der Waals surface area contributed by atoms with E-state index in [1.54, 1.807) is 0 Å². The van der Waals surface area contributed by atoms with Crippen LogP contribution < -0.4 is 4.90 Å². The van der Waals surface area contributed by atoms with Gasteiger partial charge < -0.3 is 13.7 Å². The predicted molar refractivity (Wildman–Crippen MR) is 210 cm³/mol. The molecule has 240 valence electrons. The summed E-state index contributed by atoms with van der Waals surface area (Å²) < 4.78 is 12.6. The number of furan rings is 1. The van der Waals surface area contributed by atoms with Gasteiger partial charge in [-0.05, 0) is 82.6 Å². The molecule has 10 aromatic rings. The molecular weight excluding hydrogens is 625 g/mol. The Labute approximate surface area is 294 Å². The van der Waals surface area contributed by atoms with Gasteiger partial charge in [-0.2, -0.15) is 0 Å². The van der Waals surface area contributed by atoms with Crippen LogP contribution in [0.2, 0.25) is 0 Å². The van der Waals surface area contributed by atoms with Crippen molar-refractivity contribution in [2.75, 3.05) is 4.90 Å². The minimum absolute atomic E-state index is 0.618. The zero-order chi connectivity index (χ0) is 33.7. The van der Waals surface area contributed by atoms with Crippen molar-refractivity contribution >= 4 is 60.9 Å². The van der Waals surface area contributed by atoms with E-state index in [2.05, 4.69) is 132 Å². The van der Waals surface area contributed by atoms with Gasteiger partial charge >= 0.3 is 0 Å². The first-order valence-corrected chi connectivity index (χ1v) is 17.1. The zero-order valence-corrected chi connectivity index (χ0v) is 27.5. The molecule has 0 aliphatic carbocycles. The van der Waals surface area contributed by atoms with E-state index in [9.17, 15) is 0 Å². The highest BCUT2D eigenvalue weighted by Gasteiger charge is 2.20. The van der Waals surface area contributed by atoms with E-state index < -0.39 is 0 Å². The Balaban J connectivity index is 1.12. The Kier molecular flexibility index (Phi) is 6.78. The van der Waals surface area contributed by atoms with Gasteiger partial charge in [-0.25, -0.2) is 4.98 Å². The molecule has 0 atom stereocenters. The van der Waals surface area contributed by atoms with Crippen molar-refractivity contribution in [2.45, 2.75) is 0 Å². The maximum Gasteiger partial charge on any atom is 0.227 e. The van der Waals surface area contributed by atoms with Crippen LogP contribution in [0.4, 0.5) is 17.1 Å². The Morgan fingerprint density at radius 2 is 1.08 bits per heavy atom. The maximum absolute atomic E-state index is 6.39. The van der Waals surface area contributed by atoms with E-state index in [0.717, 1.165) is 77.9 Å². The van der Waals surface area contributed by atoms with Crippen LogP contribution in [0, 0.1) is 0 Å². The normalized spacial score (nSPS) is 11.5. The average Bonchev–Trinajstić information content (AvgIpc) is 3.81. The number of para-hydroxylation sites is 3. The summed E-state index contributed by atoms with van der Waals surface area (Å²) in [6.07, 6.45) is 0. The highest BCUT2D eigenvalue weighted by atomic mass is 16.3. The Hall–Kier alpha value is -6.91. The van der Waals surface area contributed by atoms with Gasteiger partial charge in [-0.1, -0.05) is 115 Å². The van der Waals surface area contributed by atoms with Gasteiger partial charge in [0.1, 0.15) is 16.7 Å². The molecule has 0 amide bonds. The van der Waals surface area contributed by atoms with Gasteiger partial charge in [-0.15, -0.1) is 0 Å². The quantitative estimate of drug-likeness (QED) is 0.179. The van der Waals surface area contributed by atoms with Gasteiger partial charge in [0.15, 0.2) is 5.58 Å². The largest absolute Gasteiger partial charge is 0.456 e. The topological polar surface area (TPSA) is 42.4 Å². The third-order valence-electron chi connectivity index (χ3n) is 9.70. The first kappa shape index (κ1) is 29.0. The second-order valence-corrected chi connectivity index (χ2v) is 12.8. The van der Waals surface area contributed by atoms with Gasteiger partial charge in [0.05, 0.1) is 5.69 Å². The third kappa shape index (κ3) is 5.04. The van der Waals surface area contributed by atoms with Crippen LogP contribution in [0.5, 0.6) is 0 Å². The Bertz CT molecular complexity index is 2870. The van der Waals surface area contributed by atoms with Crippen LogP contribution in [0.15, 0.2) is 191 Å². The van der Waals surface area contributed by atoms with Gasteiger partial charge in [0.2, 0.25) is 5.89 Å². The summed E-state index contributed by atoms with van der Waals surface area (Å²) in [6.45, 7) is 0. The van der Waals surface area contributed by atoms with Crippen molar-refractivity contribution in [3.63, 3.8) is 0 Å². The van der Waals surface area contributed by atoms with E-state index in [4.69, 9.17) is 13.8 Å². The number of aromatic nitrogens is 1. The molecule has 0 unspecified atom stereocenters. The maximum atomic E-state index is 6.39. The number of benzene rings is 8. The van der Waals surface area contributed by atoms with Crippen LogP contribution >= 0.6 is 0 Å². The standard InChI is InChI=1S/C47H30N2O2/c1-2-12-33(13-3-1)47-48-46-39(17-10-20-44(46)51-47)32-23-25-36(26-24-32)49(37-27-28-41-40-16-7-9-19-43(40)50-45(41)30-37)42-18-8-6-15-38(42)35-22-21-31-11-4-5-14-34(31)29-35/h1-30H. The molecule has 4 heteroatoms. The highest BCUT2D eigenvalue weighted by Crippen LogP contribution is 2.44. The predicted octanol–water partition coefficient (Wildman–Crippen LogP) is 13.4. The number of rotatable bonds is 6. The van der Waals surface area contributed by atoms with E-state index >= 15 is 0 Å². The summed E-state index contributed by atoms with van der Waals surface area (Å²) in [5.74, 6) is 0.618. The summed E-state index contributed by atoms with van der Waals surface area (Å²) in [5, 5.41) is 4.65. The van der Waals surface area contributed by atoms with Crippen molar-refractivity contribution in [3.8, 4) is 33.7 Å². The smallest absolute Gasteiger partial charge is 0.227 e. The molecule has 0 radical (unpaired) electrons. The van der Waals surface area contributed by atoms with Gasteiger partial charge in [0, 0.05) is 44.9 Å². The SMILES string of the molecule is c1ccc(-c2nc3c(-c4ccc(N(c5ccc6c(c5)oc5ccccc56)c5ccccc5-c5ccc6ccccc6c5)cc4)cccc3o2)cc1. The number of nitrogens with zero attached hydrogens (tertiary/aromatic N) is 2. The number of hydrogen-bond acceptors (Lipinski definition) is 4. The number of fused-ring (bicyclic) bond motifs is 5. The molecule has 0 bridgehead atoms. The summed E-state index contributed by atoms with van der Waals surface area (Å²) in [5.41, 5.74) is 11.8. The van der Waals surface area contributed by atoms with Crippen molar-refractivity contribution in [2.24, 2.45) is 0 Å². The van der Waals surface area contributed by atoms with E-state index in [-0.39, 0.29) is 0 Å². The lowest BCUT2D eigenvalue weighted by atomic mass is 9.98. The van der Waals surface area contributed by atoms with E-state index in [1.807, 2.05) is 54.6 Å². The minimum atomic E-state index is 0.618. The van der Waals surface area contributed by atoms with E-state index in [0.29, 0.717) is 5.89 Å². The van der Waals surface area contributed by atoms with Crippen LogP contribution in [0.1, 0.15) is 0 Å². The monoisotopic (exact) mass is 654 g/mol. The molecule has 0 saturated heterocycles. The molecule has 0 N–H and O–H groups in total. The lowest BCUT2D eigenvalue weighted by Gasteiger charge is -2.28. The number of hydrogen-bond donors (Lipinski definition) is 0. The van der Waals surface area contributed by atoms with Crippen molar-refractivity contribution < 1.29 is 8.83 Å². The molecule has 2 aromatic heterocycles. The fraction of sp³-hybridized carbons (Fsp3) is 0. The van der Waals surface area contributed by atoms with Crippen LogP contribution in [0.25, 0.3) is 77.5 Å². The van der Waals surface area contributed by atoms with Gasteiger partial charge in [0.25, 0.3) is 0 Å². The number of oxazole rings is 1.